The van der Waals surface area contributed by atoms with Gasteiger partial charge >= 0.3 is 0 Å². The van der Waals surface area contributed by atoms with Crippen molar-refractivity contribution in [1.29, 1.82) is 0 Å². The fourth-order valence-electron chi connectivity index (χ4n) is 2.77. The Bertz CT molecular complexity index is 695. The van der Waals surface area contributed by atoms with Crippen molar-refractivity contribution < 1.29 is 4.79 Å². The molecule has 1 aliphatic heterocycles. The topological polar surface area (TPSA) is 75.9 Å². The van der Waals surface area contributed by atoms with Gasteiger partial charge in [-0.1, -0.05) is 13.8 Å². The van der Waals surface area contributed by atoms with E-state index in [0.29, 0.717) is 11.7 Å². The normalized spacial score (nSPS) is 17.7. The standard InChI is InChI=1S/C16H22N6O/c1-11(2)16-17-7-4-15(19-16)21-8-5-13(10-21)22-9-6-14(20-22)18-12(3)23/h4,6-7,9,11,13H,5,8,10H2,1-3H3,(H,18,20,23)/t13-/m1/s1. The van der Waals surface area contributed by atoms with Crippen LogP contribution in [0.2, 0.25) is 0 Å². The Balaban J connectivity index is 1.69. The lowest BCUT2D eigenvalue weighted by Crippen LogP contribution is -2.22. The number of aromatic nitrogens is 4. The average molecular weight is 314 g/mol. The Morgan fingerprint density at radius 1 is 1.39 bits per heavy atom. The Labute approximate surface area is 135 Å². The van der Waals surface area contributed by atoms with E-state index in [1.807, 2.05) is 29.2 Å². The third kappa shape index (κ3) is 3.49. The van der Waals surface area contributed by atoms with E-state index in [1.165, 1.54) is 6.92 Å². The van der Waals surface area contributed by atoms with E-state index in [0.717, 1.165) is 31.2 Å². The highest BCUT2D eigenvalue weighted by molar-refractivity contribution is 5.87. The second-order valence-corrected chi connectivity index (χ2v) is 6.18. The van der Waals surface area contributed by atoms with Gasteiger partial charge in [0, 0.05) is 44.4 Å². The third-order valence-corrected chi connectivity index (χ3v) is 3.95. The molecule has 0 spiro atoms. The lowest BCUT2D eigenvalue weighted by molar-refractivity contribution is -0.114. The summed E-state index contributed by atoms with van der Waals surface area (Å²) >= 11 is 0. The van der Waals surface area contributed by atoms with Crippen molar-refractivity contribution in [2.75, 3.05) is 23.3 Å². The first-order valence-corrected chi connectivity index (χ1v) is 7.93. The lowest BCUT2D eigenvalue weighted by Gasteiger charge is -2.18. The molecule has 23 heavy (non-hydrogen) atoms. The van der Waals surface area contributed by atoms with Gasteiger partial charge in [0.15, 0.2) is 5.82 Å². The molecule has 1 amide bonds. The summed E-state index contributed by atoms with van der Waals surface area (Å²) in [5.74, 6) is 2.66. The Kier molecular flexibility index (Phi) is 4.27. The molecule has 0 radical (unpaired) electrons. The molecule has 3 rings (SSSR count). The van der Waals surface area contributed by atoms with Gasteiger partial charge in [0.2, 0.25) is 5.91 Å². The maximum Gasteiger partial charge on any atom is 0.222 e. The summed E-state index contributed by atoms with van der Waals surface area (Å²) in [5, 5.41) is 7.14. The highest BCUT2D eigenvalue weighted by Crippen LogP contribution is 2.26. The lowest BCUT2D eigenvalue weighted by atomic mass is 10.2. The van der Waals surface area contributed by atoms with Gasteiger partial charge in [0.1, 0.15) is 11.6 Å². The zero-order valence-corrected chi connectivity index (χ0v) is 13.7. The molecule has 0 aromatic carbocycles. The molecule has 1 fully saturated rings. The van der Waals surface area contributed by atoms with Crippen molar-refractivity contribution >= 4 is 17.5 Å². The van der Waals surface area contributed by atoms with Crippen LogP contribution in [0.5, 0.6) is 0 Å². The monoisotopic (exact) mass is 314 g/mol. The van der Waals surface area contributed by atoms with Crippen LogP contribution < -0.4 is 10.2 Å². The Morgan fingerprint density at radius 2 is 2.22 bits per heavy atom. The van der Waals surface area contributed by atoms with Crippen molar-refractivity contribution in [2.45, 2.75) is 39.2 Å². The van der Waals surface area contributed by atoms with Crippen molar-refractivity contribution in [3.05, 3.63) is 30.4 Å². The fraction of sp³-hybridized carbons (Fsp3) is 0.500. The van der Waals surface area contributed by atoms with Crippen LogP contribution in [0.25, 0.3) is 0 Å². The smallest absolute Gasteiger partial charge is 0.222 e. The summed E-state index contributed by atoms with van der Waals surface area (Å²) in [6, 6.07) is 4.07. The SMILES string of the molecule is CC(=O)Nc1ccn([C@@H]2CCN(c3ccnc(C(C)C)n3)C2)n1. The Morgan fingerprint density at radius 3 is 2.96 bits per heavy atom. The fourth-order valence-corrected chi connectivity index (χ4v) is 2.77. The molecule has 2 aromatic rings. The summed E-state index contributed by atoms with van der Waals surface area (Å²) in [7, 11) is 0. The van der Waals surface area contributed by atoms with Crippen LogP contribution in [0, 0.1) is 0 Å². The summed E-state index contributed by atoms with van der Waals surface area (Å²) in [5.41, 5.74) is 0. The van der Waals surface area contributed by atoms with Crippen molar-refractivity contribution in [3.63, 3.8) is 0 Å². The van der Waals surface area contributed by atoms with Gasteiger partial charge in [0.05, 0.1) is 6.04 Å². The molecule has 1 atom stereocenters. The second kappa shape index (κ2) is 6.36. The van der Waals surface area contributed by atoms with Crippen LogP contribution in [0.15, 0.2) is 24.5 Å². The van der Waals surface area contributed by atoms with Crippen LogP contribution in [0.1, 0.15) is 45.0 Å². The quantitative estimate of drug-likeness (QED) is 0.936. The van der Waals surface area contributed by atoms with Gasteiger partial charge in [-0.3, -0.25) is 9.48 Å². The number of hydrogen-bond donors (Lipinski definition) is 1. The molecular formula is C16H22N6O. The number of anilines is 2. The van der Waals surface area contributed by atoms with E-state index in [4.69, 9.17) is 0 Å². The zero-order chi connectivity index (χ0) is 16.4. The molecule has 0 saturated carbocycles. The number of carbonyl (C=O) groups is 1. The van der Waals surface area contributed by atoms with Gasteiger partial charge < -0.3 is 10.2 Å². The third-order valence-electron chi connectivity index (χ3n) is 3.95. The molecular weight excluding hydrogens is 292 g/mol. The van der Waals surface area contributed by atoms with Crippen LogP contribution in [-0.2, 0) is 4.79 Å². The number of amides is 1. The first-order valence-electron chi connectivity index (χ1n) is 7.93. The summed E-state index contributed by atoms with van der Waals surface area (Å²) < 4.78 is 1.93. The number of carbonyl (C=O) groups excluding carboxylic acids is 1. The molecule has 122 valence electrons. The predicted octanol–water partition coefficient (Wildman–Crippen LogP) is 2.21. The number of nitrogens with one attached hydrogen (secondary N) is 1. The van der Waals surface area contributed by atoms with E-state index in [2.05, 4.69) is 39.1 Å². The van der Waals surface area contributed by atoms with E-state index in [1.54, 1.807) is 0 Å². The van der Waals surface area contributed by atoms with Gasteiger partial charge in [-0.25, -0.2) is 9.97 Å². The molecule has 1 saturated heterocycles. The molecule has 3 heterocycles. The van der Waals surface area contributed by atoms with E-state index >= 15 is 0 Å². The van der Waals surface area contributed by atoms with Crippen molar-refractivity contribution in [2.24, 2.45) is 0 Å². The second-order valence-electron chi connectivity index (χ2n) is 6.18. The minimum atomic E-state index is -0.106. The predicted molar refractivity (Wildman–Crippen MR) is 88.5 cm³/mol. The van der Waals surface area contributed by atoms with E-state index < -0.39 is 0 Å². The molecule has 7 nitrogen and oxygen atoms in total. The maximum absolute atomic E-state index is 11.1. The van der Waals surface area contributed by atoms with Gasteiger partial charge in [-0.2, -0.15) is 5.10 Å². The molecule has 1 aliphatic rings. The van der Waals surface area contributed by atoms with E-state index in [9.17, 15) is 4.79 Å². The van der Waals surface area contributed by atoms with Gasteiger partial charge in [-0.15, -0.1) is 0 Å². The minimum Gasteiger partial charge on any atom is -0.354 e. The summed E-state index contributed by atoms with van der Waals surface area (Å²) in [6.45, 7) is 7.47. The molecule has 0 aliphatic carbocycles. The molecule has 0 bridgehead atoms. The molecule has 0 unspecified atom stereocenters. The van der Waals surface area contributed by atoms with Gasteiger partial charge in [0.25, 0.3) is 0 Å². The largest absolute Gasteiger partial charge is 0.354 e. The average Bonchev–Trinajstić information content (AvgIpc) is 3.15. The van der Waals surface area contributed by atoms with Crippen LogP contribution in [0.4, 0.5) is 11.6 Å². The van der Waals surface area contributed by atoms with Crippen LogP contribution in [0.3, 0.4) is 0 Å². The minimum absolute atomic E-state index is 0.106. The van der Waals surface area contributed by atoms with Crippen molar-refractivity contribution in [3.8, 4) is 0 Å². The first-order chi connectivity index (χ1) is 11.0. The highest BCUT2D eigenvalue weighted by Gasteiger charge is 2.26. The first kappa shape index (κ1) is 15.5. The van der Waals surface area contributed by atoms with Crippen LogP contribution in [-0.4, -0.2) is 38.7 Å². The Hall–Kier alpha value is -2.44. The van der Waals surface area contributed by atoms with Gasteiger partial charge in [-0.05, 0) is 12.5 Å². The highest BCUT2D eigenvalue weighted by atomic mass is 16.1. The van der Waals surface area contributed by atoms with E-state index in [-0.39, 0.29) is 11.9 Å². The number of rotatable bonds is 4. The summed E-state index contributed by atoms with van der Waals surface area (Å²) in [6.07, 6.45) is 4.74. The molecule has 7 heteroatoms. The maximum atomic E-state index is 11.1. The molecule has 1 N–H and O–H groups in total. The van der Waals surface area contributed by atoms with Crippen molar-refractivity contribution in [1.82, 2.24) is 19.7 Å². The molecule has 2 aromatic heterocycles. The van der Waals surface area contributed by atoms with Crippen LogP contribution >= 0.6 is 0 Å². The number of nitrogens with zero attached hydrogens (tertiary/aromatic N) is 5. The zero-order valence-electron chi connectivity index (χ0n) is 13.7. The summed E-state index contributed by atoms with van der Waals surface area (Å²) in [4.78, 5) is 22.3. The number of hydrogen-bond acceptors (Lipinski definition) is 5.